The van der Waals surface area contributed by atoms with Crippen molar-refractivity contribution in [1.82, 2.24) is 48.9 Å². The molecular weight excluding hydrogens is 873 g/mol. The van der Waals surface area contributed by atoms with Crippen LogP contribution in [0, 0.1) is 11.8 Å². The minimum absolute atomic E-state index is 0.240. The maximum absolute atomic E-state index is 13.3. The second kappa shape index (κ2) is 23.5. The van der Waals surface area contributed by atoms with Gasteiger partial charge in [-0.1, -0.05) is 61.7 Å². The Bertz CT molecular complexity index is 1980. The number of aromatic nitrogens is 4. The van der Waals surface area contributed by atoms with Crippen molar-refractivity contribution in [2.45, 2.75) is 154 Å². The van der Waals surface area contributed by atoms with E-state index in [0.29, 0.717) is 68.4 Å². The fourth-order valence-electron chi connectivity index (χ4n) is 10.4. The maximum Gasteiger partial charge on any atom is 0.410 e. The summed E-state index contributed by atoms with van der Waals surface area (Å²) >= 11 is 0. The standard InChI is InChI=1S/C25H43N5O5S.C20H35N5O3S/c1-25(2,3)34-24(31)29-17-15-28(16-18-29)14-12-22-26-23(27-35-22)21-11-7-8-13-30(21)36(32,33)19-20-9-5-4-6-10-20;26-29(27,16-17-6-2-1-3-7-17)25-12-5-4-8-18(25)20-22-19(28-23-20)9-13-24-14-10-21-11-15-24/h20-21H,4-19H2,1-3H3;17-18,21H,1-16H2/t21-;18-/m00/s1. The van der Waals surface area contributed by atoms with Gasteiger partial charge in [0.1, 0.15) is 5.60 Å². The van der Waals surface area contributed by atoms with Gasteiger partial charge in [-0.15, -0.1) is 0 Å². The summed E-state index contributed by atoms with van der Waals surface area (Å²) in [5.74, 6) is 3.28. The molecule has 20 heteroatoms. The number of rotatable bonds is 14. The number of amides is 1. The Hall–Kier alpha value is -2.75. The normalized spacial score (nSPS) is 24.7. The summed E-state index contributed by atoms with van der Waals surface area (Å²) in [4.78, 5) is 27.9. The first kappa shape index (κ1) is 50.1. The molecule has 0 bridgehead atoms. The molecule has 2 aromatic rings. The van der Waals surface area contributed by atoms with Gasteiger partial charge in [0, 0.05) is 91.4 Å². The molecule has 0 aromatic carbocycles. The highest BCUT2D eigenvalue weighted by Gasteiger charge is 2.39. The number of ether oxygens (including phenoxy) is 1. The molecule has 0 spiro atoms. The Kier molecular flexibility index (Phi) is 18.1. The summed E-state index contributed by atoms with van der Waals surface area (Å²) in [5.41, 5.74) is -0.493. The molecule has 2 aliphatic carbocycles. The van der Waals surface area contributed by atoms with Crippen LogP contribution in [0.15, 0.2) is 9.05 Å². The van der Waals surface area contributed by atoms with E-state index in [1.807, 2.05) is 20.8 Å². The van der Waals surface area contributed by atoms with Gasteiger partial charge in [0.25, 0.3) is 0 Å². The topological polar surface area (TPSA) is 201 Å². The first-order chi connectivity index (χ1) is 31.2. The molecular formula is C45H78N10O8S2. The number of piperazine rings is 2. The number of carbonyl (C=O) groups is 1. The summed E-state index contributed by atoms with van der Waals surface area (Å²) in [6, 6.07) is -0.601. The minimum Gasteiger partial charge on any atom is -0.444 e. The molecule has 8 rings (SSSR count). The number of piperidine rings is 2. The van der Waals surface area contributed by atoms with Gasteiger partial charge >= 0.3 is 6.09 Å². The Labute approximate surface area is 388 Å². The van der Waals surface area contributed by atoms with Crippen molar-refractivity contribution >= 4 is 26.1 Å². The third kappa shape index (κ3) is 14.9. The Morgan fingerprint density at radius 2 is 1.03 bits per heavy atom. The highest BCUT2D eigenvalue weighted by atomic mass is 32.2. The van der Waals surface area contributed by atoms with E-state index in [1.54, 1.807) is 13.5 Å². The third-order valence-electron chi connectivity index (χ3n) is 14.0. The quantitative estimate of drug-likeness (QED) is 0.247. The van der Waals surface area contributed by atoms with E-state index < -0.39 is 25.6 Å². The maximum atomic E-state index is 13.3. The molecule has 2 atom stereocenters. The lowest BCUT2D eigenvalue weighted by Crippen LogP contribution is -2.50. The smallest absolute Gasteiger partial charge is 0.410 e. The van der Waals surface area contributed by atoms with Crippen LogP contribution in [0.25, 0.3) is 0 Å². The molecule has 1 amide bonds. The summed E-state index contributed by atoms with van der Waals surface area (Å²) in [7, 11) is -6.67. The van der Waals surface area contributed by atoms with E-state index >= 15 is 0 Å². The Morgan fingerprint density at radius 1 is 0.600 bits per heavy atom. The van der Waals surface area contributed by atoms with Crippen LogP contribution in [0.1, 0.15) is 159 Å². The van der Waals surface area contributed by atoms with Gasteiger partial charge in [0.2, 0.25) is 31.8 Å². The molecule has 2 aromatic heterocycles. The molecule has 6 fully saturated rings. The van der Waals surface area contributed by atoms with Crippen LogP contribution in [-0.2, 0) is 37.6 Å². The van der Waals surface area contributed by atoms with Crippen molar-refractivity contribution in [3.63, 3.8) is 0 Å². The first-order valence-corrected chi connectivity index (χ1v) is 28.2. The van der Waals surface area contributed by atoms with Crippen molar-refractivity contribution in [2.75, 3.05) is 90.0 Å². The molecule has 0 unspecified atom stereocenters. The van der Waals surface area contributed by atoms with Gasteiger partial charge in [-0.2, -0.15) is 18.6 Å². The monoisotopic (exact) mass is 951 g/mol. The summed E-state index contributed by atoms with van der Waals surface area (Å²) in [6.45, 7) is 15.3. The van der Waals surface area contributed by atoms with Crippen molar-refractivity contribution in [2.24, 2.45) is 11.8 Å². The van der Waals surface area contributed by atoms with E-state index in [0.717, 1.165) is 142 Å². The average molecular weight is 951 g/mol. The zero-order valence-corrected chi connectivity index (χ0v) is 41.2. The van der Waals surface area contributed by atoms with E-state index in [1.165, 1.54) is 12.8 Å². The van der Waals surface area contributed by atoms with Gasteiger partial charge in [0.15, 0.2) is 11.6 Å². The Balaban J connectivity index is 0.000000198. The Morgan fingerprint density at radius 3 is 1.48 bits per heavy atom. The fraction of sp³-hybridized carbons (Fsp3) is 0.889. The van der Waals surface area contributed by atoms with Crippen LogP contribution >= 0.6 is 0 Å². The van der Waals surface area contributed by atoms with Gasteiger partial charge in [-0.05, 0) is 84.0 Å². The number of hydrogen-bond donors (Lipinski definition) is 1. The average Bonchev–Trinajstić information content (AvgIpc) is 3.99. The molecule has 18 nitrogen and oxygen atoms in total. The first-order valence-electron chi connectivity index (χ1n) is 25.0. The van der Waals surface area contributed by atoms with Gasteiger partial charge in [-0.25, -0.2) is 21.6 Å². The second-order valence-corrected chi connectivity index (χ2v) is 24.2. The SMILES string of the molecule is CC(C)(C)OC(=O)N1CCN(CCc2nc([C@@H]3CCCCN3S(=O)(=O)CC3CCCCC3)no2)CC1.O=S(=O)(CC1CCCCC1)N1CCCC[C@H]1c1noc(CCN2CCNCC2)n1. The molecule has 2 saturated carbocycles. The number of nitrogens with zero attached hydrogens (tertiary/aromatic N) is 9. The van der Waals surface area contributed by atoms with E-state index in [2.05, 4.69) is 35.4 Å². The van der Waals surface area contributed by atoms with Crippen LogP contribution < -0.4 is 5.32 Å². The molecule has 1 N–H and O–H groups in total. The molecule has 4 aliphatic heterocycles. The number of hydrogen-bond acceptors (Lipinski definition) is 15. The van der Waals surface area contributed by atoms with Crippen molar-refractivity contribution in [3.8, 4) is 0 Å². The third-order valence-corrected chi connectivity index (χ3v) is 18.1. The van der Waals surface area contributed by atoms with E-state index in [4.69, 9.17) is 13.8 Å². The minimum atomic E-state index is -3.36. The molecule has 6 heterocycles. The lowest BCUT2D eigenvalue weighted by atomic mass is 9.91. The van der Waals surface area contributed by atoms with Crippen LogP contribution in [-0.4, -0.2) is 162 Å². The van der Waals surface area contributed by atoms with Crippen LogP contribution in [0.4, 0.5) is 4.79 Å². The van der Waals surface area contributed by atoms with Gasteiger partial charge < -0.3 is 28.9 Å². The molecule has 6 aliphatic rings. The lowest BCUT2D eigenvalue weighted by Gasteiger charge is -2.35. The van der Waals surface area contributed by atoms with E-state index in [-0.39, 0.29) is 35.6 Å². The molecule has 368 valence electrons. The highest BCUT2D eigenvalue weighted by molar-refractivity contribution is 7.89. The van der Waals surface area contributed by atoms with Crippen LogP contribution in [0.5, 0.6) is 0 Å². The summed E-state index contributed by atoms with van der Waals surface area (Å²) in [6.07, 6.45) is 17.4. The zero-order valence-electron chi connectivity index (χ0n) is 39.5. The largest absolute Gasteiger partial charge is 0.444 e. The molecule has 4 saturated heterocycles. The van der Waals surface area contributed by atoms with Crippen molar-refractivity contribution in [3.05, 3.63) is 23.4 Å². The van der Waals surface area contributed by atoms with Gasteiger partial charge in [-0.3, -0.25) is 4.90 Å². The predicted molar refractivity (Wildman–Crippen MR) is 247 cm³/mol. The fourth-order valence-corrected chi connectivity index (χ4v) is 14.6. The molecule has 65 heavy (non-hydrogen) atoms. The van der Waals surface area contributed by atoms with E-state index in [9.17, 15) is 21.6 Å². The number of carbonyl (C=O) groups excluding carboxylic acids is 1. The highest BCUT2D eigenvalue weighted by Crippen LogP contribution is 2.36. The van der Waals surface area contributed by atoms with Crippen LogP contribution in [0.3, 0.4) is 0 Å². The number of nitrogens with one attached hydrogen (secondary N) is 1. The summed E-state index contributed by atoms with van der Waals surface area (Å²) < 4.78 is 72.9. The predicted octanol–water partition coefficient (Wildman–Crippen LogP) is 5.56. The van der Waals surface area contributed by atoms with Crippen LogP contribution in [0.2, 0.25) is 0 Å². The summed E-state index contributed by atoms with van der Waals surface area (Å²) in [5, 5.41) is 11.7. The molecule has 0 radical (unpaired) electrons. The van der Waals surface area contributed by atoms with Crippen molar-refractivity contribution < 1.29 is 35.4 Å². The lowest BCUT2D eigenvalue weighted by molar-refractivity contribution is 0.0144. The van der Waals surface area contributed by atoms with Crippen molar-refractivity contribution in [1.29, 1.82) is 0 Å². The second-order valence-electron chi connectivity index (χ2n) is 20.3. The van der Waals surface area contributed by atoms with Gasteiger partial charge in [0.05, 0.1) is 23.6 Å². The number of sulfonamides is 2. The zero-order chi connectivity index (χ0) is 45.9.